The first kappa shape index (κ1) is 31.0. The highest BCUT2D eigenvalue weighted by Gasteiger charge is 2.56. The molecule has 0 amide bonds. The number of aromatic amines is 1. The molecule has 2 aliphatic rings. The van der Waals surface area contributed by atoms with Gasteiger partial charge in [-0.05, 0) is 0 Å². The summed E-state index contributed by atoms with van der Waals surface area (Å²) in [6.45, 7) is -1.49. The average Bonchev–Trinajstić information content (AvgIpc) is 3.72. The van der Waals surface area contributed by atoms with Crippen LogP contribution in [-0.2, 0) is 27.7 Å². The molecule has 0 aliphatic carbocycles. The van der Waals surface area contributed by atoms with Gasteiger partial charge >= 0.3 is 15.9 Å². The number of nitrogens with two attached hydrogens (primary N) is 2. The molecule has 3 unspecified atom stereocenters. The lowest BCUT2D eigenvalue weighted by atomic mass is 10.1. The van der Waals surface area contributed by atoms with E-state index in [0.717, 1.165) is 6.33 Å². The Morgan fingerprint density at radius 1 is 1.05 bits per heavy atom. The van der Waals surface area contributed by atoms with Gasteiger partial charge in [-0.3, -0.25) is 18.3 Å². The zero-order valence-corrected chi connectivity index (χ0v) is 24.8. The van der Waals surface area contributed by atoms with Crippen LogP contribution in [0, 0.1) is 4.64 Å². The summed E-state index contributed by atoms with van der Waals surface area (Å²) in [5.74, 6) is -0.0312. The maximum atomic E-state index is 13.7. The van der Waals surface area contributed by atoms with Crippen LogP contribution in [0.2, 0.25) is 0 Å². The van der Waals surface area contributed by atoms with Crippen molar-refractivity contribution >= 4 is 62.2 Å². The summed E-state index contributed by atoms with van der Waals surface area (Å²) >= 11 is 5.21. The van der Waals surface area contributed by atoms with Crippen LogP contribution in [0.4, 0.5) is 11.8 Å². The van der Waals surface area contributed by atoms with Crippen molar-refractivity contribution in [1.82, 2.24) is 39.0 Å². The van der Waals surface area contributed by atoms with Gasteiger partial charge in [-0.1, -0.05) is 12.2 Å². The summed E-state index contributed by atoms with van der Waals surface area (Å²) in [5, 5.41) is 31.7. The molecule has 24 heteroatoms. The second kappa shape index (κ2) is 11.7. The van der Waals surface area contributed by atoms with Gasteiger partial charge in [-0.15, -0.1) is 0 Å². The number of rotatable bonds is 9. The van der Waals surface area contributed by atoms with Crippen molar-refractivity contribution in [3.05, 3.63) is 23.6 Å². The highest BCUT2D eigenvalue weighted by atomic mass is 32.1. The first-order valence-corrected chi connectivity index (χ1v) is 16.0. The Morgan fingerprint density at radius 3 is 2.43 bits per heavy atom. The molecule has 2 aliphatic heterocycles. The van der Waals surface area contributed by atoms with Crippen molar-refractivity contribution in [2.75, 3.05) is 24.7 Å². The van der Waals surface area contributed by atoms with Gasteiger partial charge in [0.25, 0.3) is 0 Å². The SMILES string of the molecule is Nc1nc2c(ncn2C2O[C@H](CO)[C@@H](O)[C@H]2P(=O)(O)OC[C@H]2O[C@@H](n3cnc4c(N)ncnc43)[C@H](O)[C@@H]2O[PH](=O)O)c(=S)[nH]1. The number of aliphatic hydroxyl groups excluding tert-OH is 3. The number of aromatic nitrogens is 8. The molecule has 4 aromatic rings. The van der Waals surface area contributed by atoms with Crippen molar-refractivity contribution in [1.29, 1.82) is 0 Å². The lowest BCUT2D eigenvalue weighted by Gasteiger charge is -2.27. The lowest BCUT2D eigenvalue weighted by Crippen LogP contribution is -2.37. The number of nitrogen functional groups attached to an aromatic ring is 2. The Kier molecular flexibility index (Phi) is 8.28. The number of hydrogen-bond acceptors (Lipinski definition) is 17. The molecule has 6 heterocycles. The third-order valence-electron chi connectivity index (χ3n) is 7.25. The Hall–Kier alpha value is -2.98. The van der Waals surface area contributed by atoms with Crippen LogP contribution in [0.25, 0.3) is 22.3 Å². The van der Waals surface area contributed by atoms with E-state index in [1.54, 1.807) is 0 Å². The largest absolute Gasteiger partial charge is 0.394 e. The molecule has 238 valence electrons. The smallest absolute Gasteiger partial charge is 0.338 e. The first-order valence-electron chi connectivity index (χ1n) is 12.7. The summed E-state index contributed by atoms with van der Waals surface area (Å²) in [7, 11) is -8.59. The number of nitrogens with one attached hydrogen (secondary N) is 1. The summed E-state index contributed by atoms with van der Waals surface area (Å²) in [4.78, 5) is 43.6. The second-order valence-electron chi connectivity index (χ2n) is 9.85. The first-order chi connectivity index (χ1) is 20.9. The molecular formula is C20H26N10O11P2S. The second-order valence-corrected chi connectivity index (χ2v) is 13.0. The summed E-state index contributed by atoms with van der Waals surface area (Å²) in [5.41, 5.74) is 10.5. The molecule has 10 atom stereocenters. The van der Waals surface area contributed by atoms with E-state index in [0.29, 0.717) is 0 Å². The van der Waals surface area contributed by atoms with Crippen LogP contribution in [0.3, 0.4) is 0 Å². The van der Waals surface area contributed by atoms with E-state index in [1.807, 2.05) is 0 Å². The molecule has 44 heavy (non-hydrogen) atoms. The van der Waals surface area contributed by atoms with E-state index in [1.165, 1.54) is 21.8 Å². The molecule has 21 nitrogen and oxygen atoms in total. The van der Waals surface area contributed by atoms with E-state index < -0.39 is 77.7 Å². The topological polar surface area (TPSA) is 314 Å². The van der Waals surface area contributed by atoms with Crippen molar-refractivity contribution in [3.8, 4) is 0 Å². The fourth-order valence-electron chi connectivity index (χ4n) is 5.26. The van der Waals surface area contributed by atoms with Crippen LogP contribution in [0.1, 0.15) is 12.5 Å². The van der Waals surface area contributed by atoms with Gasteiger partial charge in [0.05, 0.1) is 25.9 Å². The van der Waals surface area contributed by atoms with E-state index in [-0.39, 0.29) is 38.7 Å². The van der Waals surface area contributed by atoms with Crippen molar-refractivity contribution in [2.24, 2.45) is 0 Å². The predicted octanol–water partition coefficient (Wildman–Crippen LogP) is -1.66. The molecule has 2 fully saturated rings. The maximum Gasteiger partial charge on any atom is 0.338 e. The zero-order chi connectivity index (χ0) is 31.5. The van der Waals surface area contributed by atoms with E-state index in [4.69, 9.17) is 42.2 Å². The van der Waals surface area contributed by atoms with Crippen LogP contribution < -0.4 is 11.5 Å². The molecular weight excluding hydrogens is 650 g/mol. The monoisotopic (exact) mass is 676 g/mol. The van der Waals surface area contributed by atoms with Gasteiger partial charge in [0.1, 0.15) is 58.2 Å². The van der Waals surface area contributed by atoms with Gasteiger partial charge in [0.15, 0.2) is 29.6 Å². The molecule has 2 saturated heterocycles. The van der Waals surface area contributed by atoms with Crippen molar-refractivity contribution in [3.63, 3.8) is 0 Å². The number of imidazole rings is 2. The minimum absolute atomic E-state index is 0.0502. The molecule has 0 radical (unpaired) electrons. The number of hydrogen-bond donors (Lipinski definition) is 8. The molecule has 0 aromatic carbocycles. The Balaban J connectivity index is 1.29. The van der Waals surface area contributed by atoms with Crippen molar-refractivity contribution in [2.45, 2.75) is 48.6 Å². The van der Waals surface area contributed by atoms with E-state index in [2.05, 4.69) is 29.9 Å². The van der Waals surface area contributed by atoms with Gasteiger partial charge in [0, 0.05) is 0 Å². The van der Waals surface area contributed by atoms with Crippen LogP contribution >= 0.6 is 28.1 Å². The third-order valence-corrected chi connectivity index (χ3v) is 9.85. The standard InChI is InChI=1S/C20H26N10O11P2S/c21-14-8-15(24-3-23-14)29(4-25-8)18-11(33)12(41-42(34)35)7(40-18)2-38-43(36,37)13-10(32)6(1-31)39-19(13)30-5-26-9-16(30)27-20(22)28-17(9)44/h3-7,10-13,18-19,31-33,42H,1-2H2,(H,34,35)(H,36,37)(H2,21,23,24)(H3,22,27,28,44)/t6-,7-,10-,11-,12-,13-,18-,19?/m1/s1. The number of H-pyrrole nitrogens is 1. The maximum absolute atomic E-state index is 13.7. The number of fused-ring (bicyclic) bond motifs is 2. The molecule has 4 aromatic heterocycles. The van der Waals surface area contributed by atoms with E-state index in [9.17, 15) is 34.2 Å². The molecule has 10 N–H and O–H groups in total. The highest BCUT2D eigenvalue weighted by Crippen LogP contribution is 2.57. The van der Waals surface area contributed by atoms with Gasteiger partial charge in [-0.2, -0.15) is 4.98 Å². The zero-order valence-electron chi connectivity index (χ0n) is 22.1. The third kappa shape index (κ3) is 5.31. The van der Waals surface area contributed by atoms with Gasteiger partial charge in [0.2, 0.25) is 5.95 Å². The number of aliphatic hydroxyl groups is 3. The summed E-state index contributed by atoms with van der Waals surface area (Å²) < 4.78 is 50.0. The number of nitrogens with zero attached hydrogens (tertiary/aromatic N) is 7. The summed E-state index contributed by atoms with van der Waals surface area (Å²) in [6, 6.07) is 0. The molecule has 6 rings (SSSR count). The van der Waals surface area contributed by atoms with E-state index >= 15 is 0 Å². The minimum Gasteiger partial charge on any atom is -0.394 e. The van der Waals surface area contributed by atoms with Crippen LogP contribution in [0.5, 0.6) is 0 Å². The van der Waals surface area contributed by atoms with Gasteiger partial charge in [-0.25, -0.2) is 19.9 Å². The summed E-state index contributed by atoms with van der Waals surface area (Å²) in [6.07, 6.45) is -6.70. The Bertz CT molecular complexity index is 1840. The molecule has 0 spiro atoms. The van der Waals surface area contributed by atoms with Gasteiger partial charge < -0.3 is 60.1 Å². The normalized spacial score (nSPS) is 31.1. The predicted molar refractivity (Wildman–Crippen MR) is 149 cm³/mol. The fraction of sp³-hybridized carbons (Fsp3) is 0.500. The number of ether oxygens (including phenoxy) is 2. The molecule has 0 saturated carbocycles. The lowest BCUT2D eigenvalue weighted by molar-refractivity contribution is -0.0491. The molecule has 0 bridgehead atoms. The van der Waals surface area contributed by atoms with Crippen LogP contribution in [-0.4, -0.2) is 114 Å². The Morgan fingerprint density at radius 2 is 1.73 bits per heavy atom. The fourth-order valence-corrected chi connectivity index (χ4v) is 7.68. The highest BCUT2D eigenvalue weighted by molar-refractivity contribution is 7.71. The number of anilines is 2. The Labute approximate surface area is 250 Å². The quantitative estimate of drug-likeness (QED) is 0.0726. The van der Waals surface area contributed by atoms with Crippen LogP contribution in [0.15, 0.2) is 19.0 Å². The average molecular weight is 677 g/mol. The van der Waals surface area contributed by atoms with Crippen molar-refractivity contribution < 1.29 is 52.8 Å². The minimum atomic E-state index is -4.94.